The Hall–Kier alpha value is -4.97. The number of aryl methyl sites for hydroxylation is 1. The number of aromatic amines is 1. The van der Waals surface area contributed by atoms with Crippen LogP contribution in [0, 0.1) is 17.1 Å². The smallest absolute Gasteiger partial charge is 0.414 e. The van der Waals surface area contributed by atoms with Crippen LogP contribution in [0.15, 0.2) is 23.1 Å². The minimum Gasteiger partial charge on any atom is -0.482 e. The predicted molar refractivity (Wildman–Crippen MR) is 142 cm³/mol. The van der Waals surface area contributed by atoms with Gasteiger partial charge in [0.15, 0.2) is 5.75 Å². The third-order valence-corrected chi connectivity index (χ3v) is 7.40. The Balaban J connectivity index is 1.61. The van der Waals surface area contributed by atoms with Gasteiger partial charge in [0.05, 0.1) is 53.1 Å². The van der Waals surface area contributed by atoms with Gasteiger partial charge in [-0.25, -0.2) is 28.0 Å². The second kappa shape index (κ2) is 9.84. The molecule has 1 fully saturated rings. The number of halogens is 3. The number of benzene rings is 1. The first-order valence-corrected chi connectivity index (χ1v) is 13.0. The van der Waals surface area contributed by atoms with Crippen molar-refractivity contribution in [3.63, 3.8) is 0 Å². The number of alkyl halides is 2. The first-order valence-electron chi connectivity index (χ1n) is 13.0. The molecular formula is C27H23F3N8O4. The minimum atomic E-state index is -3.14. The molecule has 0 atom stereocenters. The van der Waals surface area contributed by atoms with Crippen molar-refractivity contribution in [2.45, 2.75) is 38.3 Å². The molecule has 1 saturated carbocycles. The molecule has 1 amide bonds. The zero-order chi connectivity index (χ0) is 29.9. The number of nitriles is 1. The van der Waals surface area contributed by atoms with Gasteiger partial charge in [0.25, 0.3) is 12.0 Å². The van der Waals surface area contributed by atoms with E-state index in [-0.39, 0.29) is 75.7 Å². The fourth-order valence-corrected chi connectivity index (χ4v) is 5.29. The van der Waals surface area contributed by atoms with Crippen LogP contribution in [0.25, 0.3) is 33.3 Å². The quantitative estimate of drug-likeness (QED) is 0.358. The Kier molecular flexibility index (Phi) is 6.38. The molecular weight excluding hydrogens is 557 g/mol. The molecule has 0 unspecified atom stereocenters. The summed E-state index contributed by atoms with van der Waals surface area (Å²) in [6.45, 7) is 1.69. The number of rotatable bonds is 5. The van der Waals surface area contributed by atoms with E-state index >= 15 is 4.39 Å². The monoisotopic (exact) mass is 580 g/mol. The molecule has 15 heteroatoms. The summed E-state index contributed by atoms with van der Waals surface area (Å²) in [5, 5.41) is 20.2. The Morgan fingerprint density at radius 1 is 1.36 bits per heavy atom. The summed E-state index contributed by atoms with van der Waals surface area (Å²) in [5.41, 5.74) is 3.14. The molecule has 0 bridgehead atoms. The highest BCUT2D eigenvalue weighted by atomic mass is 19.3. The number of anilines is 1. The second-order valence-electron chi connectivity index (χ2n) is 9.99. The van der Waals surface area contributed by atoms with Crippen molar-refractivity contribution in [3.05, 3.63) is 51.5 Å². The van der Waals surface area contributed by atoms with Gasteiger partial charge in [-0.2, -0.15) is 15.5 Å². The molecule has 4 heterocycles. The molecule has 12 nitrogen and oxygen atoms in total. The molecule has 0 radical (unpaired) electrons. The van der Waals surface area contributed by atoms with E-state index in [2.05, 4.69) is 20.3 Å². The lowest BCUT2D eigenvalue weighted by Gasteiger charge is -2.35. The van der Waals surface area contributed by atoms with Gasteiger partial charge in [-0.3, -0.25) is 14.4 Å². The first kappa shape index (κ1) is 27.2. The number of carbonyl (C=O) groups excluding carboxylic acids is 1. The SMILES string of the molecule is CCOC(=O)N1CC2(CC2)Oc2c1cc(F)c(-c1c(-c3cc4c(CN)n[nH]c(=O)c4c(C(F)F)n3)cnn1C)c2C#N. The fraction of sp³-hybridized carbons (Fsp3) is 0.333. The number of nitrogens with zero attached hydrogens (tertiary/aromatic N) is 6. The van der Waals surface area contributed by atoms with Crippen molar-refractivity contribution >= 4 is 22.6 Å². The number of nitrogens with one attached hydrogen (secondary N) is 1. The van der Waals surface area contributed by atoms with E-state index in [1.165, 1.54) is 28.9 Å². The molecule has 1 aliphatic heterocycles. The molecule has 1 aliphatic carbocycles. The normalized spacial score (nSPS) is 15.0. The van der Waals surface area contributed by atoms with E-state index in [1.54, 1.807) is 6.92 Å². The molecule has 6 rings (SSSR count). The highest BCUT2D eigenvalue weighted by Gasteiger charge is 2.53. The van der Waals surface area contributed by atoms with Crippen LogP contribution in [0.5, 0.6) is 5.75 Å². The average Bonchev–Trinajstić information content (AvgIpc) is 3.61. The molecule has 1 spiro atoms. The number of nitrogens with two attached hydrogens (primary N) is 1. The van der Waals surface area contributed by atoms with Gasteiger partial charge in [-0.05, 0) is 25.8 Å². The third-order valence-electron chi connectivity index (χ3n) is 7.40. The fourth-order valence-electron chi connectivity index (χ4n) is 5.29. The summed E-state index contributed by atoms with van der Waals surface area (Å²) in [5.74, 6) is -0.894. The molecule has 42 heavy (non-hydrogen) atoms. The van der Waals surface area contributed by atoms with Crippen LogP contribution < -0.4 is 20.9 Å². The van der Waals surface area contributed by atoms with Gasteiger partial charge in [0, 0.05) is 30.6 Å². The van der Waals surface area contributed by atoms with Crippen LogP contribution in [-0.2, 0) is 18.3 Å². The average molecular weight is 581 g/mol. The van der Waals surface area contributed by atoms with Crippen LogP contribution in [0.4, 0.5) is 23.7 Å². The summed E-state index contributed by atoms with van der Waals surface area (Å²) in [6.07, 6.45) is -1.33. The number of aromatic nitrogens is 5. The summed E-state index contributed by atoms with van der Waals surface area (Å²) < 4.78 is 57.1. The van der Waals surface area contributed by atoms with Crippen molar-refractivity contribution in [1.82, 2.24) is 25.0 Å². The molecule has 1 aromatic carbocycles. The van der Waals surface area contributed by atoms with Crippen LogP contribution in [0.2, 0.25) is 0 Å². The van der Waals surface area contributed by atoms with Crippen LogP contribution in [0.3, 0.4) is 0 Å². The van der Waals surface area contributed by atoms with Gasteiger partial charge in [-0.1, -0.05) is 0 Å². The van der Waals surface area contributed by atoms with E-state index in [9.17, 15) is 23.6 Å². The van der Waals surface area contributed by atoms with Gasteiger partial charge >= 0.3 is 6.09 Å². The topological polar surface area (TPSA) is 165 Å². The molecule has 2 aliphatic rings. The van der Waals surface area contributed by atoms with Crippen molar-refractivity contribution in [3.8, 4) is 34.3 Å². The molecule has 0 saturated heterocycles. The Labute approximate surface area is 235 Å². The van der Waals surface area contributed by atoms with Crippen molar-refractivity contribution in [2.24, 2.45) is 12.8 Å². The maximum atomic E-state index is 16.1. The van der Waals surface area contributed by atoms with Crippen LogP contribution in [-0.4, -0.2) is 49.8 Å². The van der Waals surface area contributed by atoms with Gasteiger partial charge in [-0.15, -0.1) is 0 Å². The molecule has 4 aromatic rings. The summed E-state index contributed by atoms with van der Waals surface area (Å²) in [4.78, 5) is 30.6. The maximum absolute atomic E-state index is 16.1. The number of hydrogen-bond acceptors (Lipinski definition) is 9. The molecule has 3 aromatic heterocycles. The zero-order valence-electron chi connectivity index (χ0n) is 22.4. The van der Waals surface area contributed by atoms with Gasteiger partial charge < -0.3 is 15.2 Å². The lowest BCUT2D eigenvalue weighted by Crippen LogP contribution is -2.45. The zero-order valence-corrected chi connectivity index (χ0v) is 22.4. The van der Waals surface area contributed by atoms with Gasteiger partial charge in [0.1, 0.15) is 28.7 Å². The molecule has 216 valence electrons. The van der Waals surface area contributed by atoms with E-state index in [1.807, 2.05) is 6.07 Å². The summed E-state index contributed by atoms with van der Waals surface area (Å²) in [6, 6.07) is 4.43. The molecule has 3 N–H and O–H groups in total. The highest BCUT2D eigenvalue weighted by Crippen LogP contribution is 2.52. The van der Waals surface area contributed by atoms with E-state index in [0.717, 1.165) is 6.07 Å². The Morgan fingerprint density at radius 3 is 2.76 bits per heavy atom. The highest BCUT2D eigenvalue weighted by molar-refractivity contribution is 5.96. The van der Waals surface area contributed by atoms with E-state index in [0.29, 0.717) is 12.8 Å². The summed E-state index contributed by atoms with van der Waals surface area (Å²) >= 11 is 0. The minimum absolute atomic E-state index is 0.00116. The number of ether oxygens (including phenoxy) is 2. The van der Waals surface area contributed by atoms with E-state index < -0.39 is 35.2 Å². The van der Waals surface area contributed by atoms with Crippen molar-refractivity contribution < 1.29 is 27.4 Å². The number of fused-ring (bicyclic) bond motifs is 2. The lowest BCUT2D eigenvalue weighted by atomic mass is 9.96. The number of H-pyrrole nitrogens is 1. The standard InChI is InChI=1S/C27H23F3N8O4/c1-3-41-26(40)38-11-27(4-5-27)42-23-13(8-31)19(15(28)7-18(23)38)22-14(10-33-37(22)2)16-6-12-17(9-32)35-36-25(39)20(12)21(34-16)24(29)30/h6-7,10,24H,3-5,9,11,32H2,1-2H3,(H,36,39). The summed E-state index contributed by atoms with van der Waals surface area (Å²) in [7, 11) is 1.49. The number of hydrogen-bond donors (Lipinski definition) is 2. The van der Waals surface area contributed by atoms with Crippen LogP contribution in [0.1, 0.15) is 43.1 Å². The number of carbonyl (C=O) groups is 1. The predicted octanol–water partition coefficient (Wildman–Crippen LogP) is 3.68. The Bertz CT molecular complexity index is 1880. The Morgan fingerprint density at radius 2 is 2.12 bits per heavy atom. The van der Waals surface area contributed by atoms with Crippen molar-refractivity contribution in [2.75, 3.05) is 18.1 Å². The maximum Gasteiger partial charge on any atom is 0.414 e. The number of pyridine rings is 1. The third kappa shape index (κ3) is 4.14. The largest absolute Gasteiger partial charge is 0.482 e. The van der Waals surface area contributed by atoms with Crippen LogP contribution >= 0.6 is 0 Å². The van der Waals surface area contributed by atoms with Crippen molar-refractivity contribution in [1.29, 1.82) is 5.26 Å². The second-order valence-corrected chi connectivity index (χ2v) is 9.99. The van der Waals surface area contributed by atoms with Gasteiger partial charge in [0.2, 0.25) is 0 Å². The number of amides is 1. The lowest BCUT2D eigenvalue weighted by molar-refractivity contribution is 0.138. The first-order chi connectivity index (χ1) is 20.1. The van der Waals surface area contributed by atoms with E-state index in [4.69, 9.17) is 15.2 Å².